The van der Waals surface area contributed by atoms with E-state index in [1.165, 1.54) is 15.3 Å². The number of aliphatic hydroxyl groups is 1. The number of thiophene rings is 1. The van der Waals surface area contributed by atoms with Crippen molar-refractivity contribution in [3.05, 3.63) is 56.2 Å². The fourth-order valence-electron chi connectivity index (χ4n) is 2.04. The van der Waals surface area contributed by atoms with Crippen molar-refractivity contribution in [3.8, 4) is 0 Å². The summed E-state index contributed by atoms with van der Waals surface area (Å²) < 4.78 is 1.08. The van der Waals surface area contributed by atoms with Crippen LogP contribution in [0.25, 0.3) is 0 Å². The van der Waals surface area contributed by atoms with Crippen LogP contribution >= 0.6 is 27.3 Å². The Kier molecular flexibility index (Phi) is 4.98. The van der Waals surface area contributed by atoms with Gasteiger partial charge < -0.3 is 5.11 Å². The van der Waals surface area contributed by atoms with Gasteiger partial charge in [-0.15, -0.1) is 11.3 Å². The predicted octanol–water partition coefficient (Wildman–Crippen LogP) is 4.39. The molecule has 0 fully saturated rings. The first-order chi connectivity index (χ1) is 8.74. The maximum Gasteiger partial charge on any atom is 0.0503 e. The van der Waals surface area contributed by atoms with E-state index in [2.05, 4.69) is 41.1 Å². The van der Waals surface area contributed by atoms with Gasteiger partial charge in [-0.3, -0.25) is 0 Å². The molecule has 1 heterocycles. The Morgan fingerprint density at radius 1 is 1.17 bits per heavy atom. The summed E-state index contributed by atoms with van der Waals surface area (Å²) in [7, 11) is 0. The molecule has 0 aliphatic rings. The second-order valence-corrected chi connectivity index (χ2v) is 6.43. The molecular weight excluding hydrogens is 308 g/mol. The molecule has 1 unspecified atom stereocenters. The summed E-state index contributed by atoms with van der Waals surface area (Å²) in [5.41, 5.74) is 1.19. The van der Waals surface area contributed by atoms with Crippen molar-refractivity contribution < 1.29 is 5.11 Å². The molecule has 96 valence electrons. The SMILES string of the molecule is CCc1ccc(CC(CO)c2ccccc2Br)s1. The number of benzene rings is 1. The van der Waals surface area contributed by atoms with E-state index in [0.717, 1.165) is 17.3 Å². The summed E-state index contributed by atoms with van der Waals surface area (Å²) >= 11 is 5.41. The average Bonchev–Trinajstić information content (AvgIpc) is 2.85. The Morgan fingerprint density at radius 3 is 2.50 bits per heavy atom. The van der Waals surface area contributed by atoms with Gasteiger partial charge in [0.05, 0.1) is 6.61 Å². The van der Waals surface area contributed by atoms with Crippen molar-refractivity contribution in [3.63, 3.8) is 0 Å². The van der Waals surface area contributed by atoms with E-state index in [4.69, 9.17) is 0 Å². The molecule has 1 atom stereocenters. The molecule has 0 aliphatic carbocycles. The van der Waals surface area contributed by atoms with Gasteiger partial charge in [-0.25, -0.2) is 0 Å². The van der Waals surface area contributed by atoms with Crippen LogP contribution < -0.4 is 0 Å². The summed E-state index contributed by atoms with van der Waals surface area (Å²) in [6.07, 6.45) is 1.99. The van der Waals surface area contributed by atoms with E-state index >= 15 is 0 Å². The first kappa shape index (κ1) is 13.8. The van der Waals surface area contributed by atoms with E-state index in [9.17, 15) is 5.11 Å². The highest BCUT2D eigenvalue weighted by Crippen LogP contribution is 2.29. The first-order valence-electron chi connectivity index (χ1n) is 6.17. The summed E-state index contributed by atoms with van der Waals surface area (Å²) in [6, 6.07) is 12.5. The summed E-state index contributed by atoms with van der Waals surface area (Å²) in [6.45, 7) is 2.36. The average molecular weight is 325 g/mol. The summed E-state index contributed by atoms with van der Waals surface area (Å²) in [4.78, 5) is 2.76. The molecule has 3 heteroatoms. The van der Waals surface area contributed by atoms with Crippen LogP contribution in [0.1, 0.15) is 28.2 Å². The molecule has 0 bridgehead atoms. The molecule has 2 rings (SSSR count). The van der Waals surface area contributed by atoms with Gasteiger partial charge in [0.2, 0.25) is 0 Å². The van der Waals surface area contributed by atoms with E-state index in [1.807, 2.05) is 29.5 Å². The summed E-state index contributed by atoms with van der Waals surface area (Å²) in [5, 5.41) is 9.61. The lowest BCUT2D eigenvalue weighted by atomic mass is 9.96. The molecule has 0 amide bonds. The summed E-state index contributed by atoms with van der Waals surface area (Å²) in [5.74, 6) is 0.170. The van der Waals surface area contributed by atoms with Crippen LogP contribution in [0, 0.1) is 0 Å². The number of aliphatic hydroxyl groups excluding tert-OH is 1. The van der Waals surface area contributed by atoms with Crippen molar-refractivity contribution in [1.82, 2.24) is 0 Å². The monoisotopic (exact) mass is 324 g/mol. The minimum atomic E-state index is 0.170. The van der Waals surface area contributed by atoms with Gasteiger partial charge in [0.1, 0.15) is 0 Å². The Labute approximate surface area is 121 Å². The lowest BCUT2D eigenvalue weighted by molar-refractivity contribution is 0.264. The molecule has 0 radical (unpaired) electrons. The minimum absolute atomic E-state index is 0.170. The van der Waals surface area contributed by atoms with Gasteiger partial charge in [0, 0.05) is 20.1 Å². The zero-order chi connectivity index (χ0) is 13.0. The molecule has 1 aromatic heterocycles. The van der Waals surface area contributed by atoms with E-state index < -0.39 is 0 Å². The lowest BCUT2D eigenvalue weighted by Crippen LogP contribution is -2.07. The molecule has 0 spiro atoms. The third kappa shape index (κ3) is 3.22. The highest BCUT2D eigenvalue weighted by atomic mass is 79.9. The highest BCUT2D eigenvalue weighted by molar-refractivity contribution is 9.10. The van der Waals surface area contributed by atoms with Crippen molar-refractivity contribution in [1.29, 1.82) is 0 Å². The van der Waals surface area contributed by atoms with Gasteiger partial charge in [-0.2, -0.15) is 0 Å². The second kappa shape index (κ2) is 6.50. The minimum Gasteiger partial charge on any atom is -0.396 e. The zero-order valence-corrected chi connectivity index (χ0v) is 12.8. The van der Waals surface area contributed by atoms with Crippen LogP contribution in [0.15, 0.2) is 40.9 Å². The number of hydrogen-bond acceptors (Lipinski definition) is 2. The second-order valence-electron chi connectivity index (χ2n) is 4.33. The molecule has 18 heavy (non-hydrogen) atoms. The molecule has 2 aromatic rings. The third-order valence-corrected chi connectivity index (χ3v) is 5.05. The first-order valence-corrected chi connectivity index (χ1v) is 7.78. The van der Waals surface area contributed by atoms with Gasteiger partial charge in [-0.05, 0) is 36.6 Å². The molecule has 1 aromatic carbocycles. The van der Waals surface area contributed by atoms with E-state index in [-0.39, 0.29) is 12.5 Å². The lowest BCUT2D eigenvalue weighted by Gasteiger charge is -2.15. The molecule has 1 nitrogen and oxygen atoms in total. The Hall–Kier alpha value is -0.640. The maximum absolute atomic E-state index is 9.61. The Morgan fingerprint density at radius 2 is 1.89 bits per heavy atom. The Bertz CT molecular complexity index is 507. The molecular formula is C15H17BrOS. The zero-order valence-electron chi connectivity index (χ0n) is 10.4. The third-order valence-electron chi connectivity index (χ3n) is 3.08. The van der Waals surface area contributed by atoms with Crippen LogP contribution in [-0.4, -0.2) is 11.7 Å². The van der Waals surface area contributed by atoms with Crippen molar-refractivity contribution in [2.24, 2.45) is 0 Å². The van der Waals surface area contributed by atoms with Gasteiger partial charge in [0.25, 0.3) is 0 Å². The molecule has 0 saturated carbocycles. The van der Waals surface area contributed by atoms with Gasteiger partial charge in [0.15, 0.2) is 0 Å². The topological polar surface area (TPSA) is 20.2 Å². The number of halogens is 1. The van der Waals surface area contributed by atoms with Crippen LogP contribution in [0.3, 0.4) is 0 Å². The fraction of sp³-hybridized carbons (Fsp3) is 0.333. The van der Waals surface area contributed by atoms with Gasteiger partial charge >= 0.3 is 0 Å². The molecule has 0 saturated heterocycles. The molecule has 1 N–H and O–H groups in total. The largest absolute Gasteiger partial charge is 0.396 e. The maximum atomic E-state index is 9.61. The van der Waals surface area contributed by atoms with Crippen molar-refractivity contribution in [2.75, 3.05) is 6.61 Å². The van der Waals surface area contributed by atoms with Crippen LogP contribution in [0.4, 0.5) is 0 Å². The number of aryl methyl sites for hydroxylation is 1. The Balaban J connectivity index is 2.17. The van der Waals surface area contributed by atoms with E-state index in [1.54, 1.807) is 0 Å². The van der Waals surface area contributed by atoms with Crippen LogP contribution in [-0.2, 0) is 12.8 Å². The fourth-order valence-corrected chi connectivity index (χ4v) is 3.69. The van der Waals surface area contributed by atoms with Crippen LogP contribution in [0.5, 0.6) is 0 Å². The quantitative estimate of drug-likeness (QED) is 0.864. The number of rotatable bonds is 5. The van der Waals surface area contributed by atoms with Crippen molar-refractivity contribution >= 4 is 27.3 Å². The smallest absolute Gasteiger partial charge is 0.0503 e. The van der Waals surface area contributed by atoms with Crippen molar-refractivity contribution in [2.45, 2.75) is 25.7 Å². The number of hydrogen-bond donors (Lipinski definition) is 1. The predicted molar refractivity (Wildman–Crippen MR) is 81.4 cm³/mol. The standard InChI is InChI=1S/C15H17BrOS/c1-2-12-7-8-13(18-12)9-11(10-17)14-5-3-4-6-15(14)16/h3-8,11,17H,2,9-10H2,1H3. The van der Waals surface area contributed by atoms with Crippen LogP contribution in [0.2, 0.25) is 0 Å². The van der Waals surface area contributed by atoms with Gasteiger partial charge in [-0.1, -0.05) is 41.1 Å². The molecule has 0 aliphatic heterocycles. The van der Waals surface area contributed by atoms with E-state index in [0.29, 0.717) is 0 Å². The normalized spacial score (nSPS) is 12.6. The highest BCUT2D eigenvalue weighted by Gasteiger charge is 2.15.